The number of allylic oxidation sites excluding steroid dienone is 4. The smallest absolute Gasteiger partial charge is 0.224 e. The van der Waals surface area contributed by atoms with Crippen molar-refractivity contribution < 1.29 is 19.1 Å². The molecular weight excluding hydrogens is 438 g/mol. The Morgan fingerprint density at radius 2 is 1.91 bits per heavy atom. The van der Waals surface area contributed by atoms with Gasteiger partial charge in [-0.05, 0) is 62.7 Å². The van der Waals surface area contributed by atoms with E-state index in [-0.39, 0.29) is 59.1 Å². The molecular formula is C30H47NO4. The van der Waals surface area contributed by atoms with E-state index in [0.29, 0.717) is 19.3 Å². The Balaban J connectivity index is 2.12. The molecule has 1 aliphatic carbocycles. The van der Waals surface area contributed by atoms with Crippen LogP contribution in [-0.4, -0.2) is 30.7 Å². The molecule has 1 fully saturated rings. The van der Waals surface area contributed by atoms with Crippen LogP contribution in [0.15, 0.2) is 36.1 Å². The highest BCUT2D eigenvalue weighted by Gasteiger charge is 2.30. The fourth-order valence-corrected chi connectivity index (χ4v) is 5.55. The fourth-order valence-electron chi connectivity index (χ4n) is 5.55. The lowest BCUT2D eigenvalue weighted by molar-refractivity contribution is -0.126. The zero-order chi connectivity index (χ0) is 26.1. The van der Waals surface area contributed by atoms with Crippen molar-refractivity contribution in [1.82, 2.24) is 5.32 Å². The number of ether oxygens (including phenoxy) is 1. The lowest BCUT2D eigenvalue weighted by Crippen LogP contribution is -2.31. The van der Waals surface area contributed by atoms with Crippen LogP contribution < -0.4 is 5.32 Å². The van der Waals surface area contributed by atoms with Crippen LogP contribution in [0.2, 0.25) is 0 Å². The summed E-state index contributed by atoms with van der Waals surface area (Å²) in [5, 5.41) is 2.78. The molecule has 2 aliphatic rings. The third-order valence-electron chi connectivity index (χ3n) is 8.27. The van der Waals surface area contributed by atoms with Crippen LogP contribution >= 0.6 is 0 Å². The normalized spacial score (nSPS) is 34.5. The quantitative estimate of drug-likeness (QED) is 0.436. The maximum absolute atomic E-state index is 13.3. The highest BCUT2D eigenvalue weighted by atomic mass is 16.5. The van der Waals surface area contributed by atoms with Crippen LogP contribution in [0.25, 0.3) is 0 Å². The van der Waals surface area contributed by atoms with Crippen LogP contribution in [0, 0.1) is 35.5 Å². The van der Waals surface area contributed by atoms with Gasteiger partial charge in [0, 0.05) is 43.9 Å². The molecule has 1 heterocycles. The van der Waals surface area contributed by atoms with Crippen LogP contribution in [0.5, 0.6) is 0 Å². The van der Waals surface area contributed by atoms with Gasteiger partial charge in [-0.25, -0.2) is 0 Å². The summed E-state index contributed by atoms with van der Waals surface area (Å²) >= 11 is 0. The first-order chi connectivity index (χ1) is 16.5. The van der Waals surface area contributed by atoms with Gasteiger partial charge in [-0.3, -0.25) is 14.4 Å². The van der Waals surface area contributed by atoms with Crippen molar-refractivity contribution in [3.8, 4) is 0 Å². The monoisotopic (exact) mass is 485 g/mol. The van der Waals surface area contributed by atoms with E-state index in [1.54, 1.807) is 7.11 Å². The summed E-state index contributed by atoms with van der Waals surface area (Å²) < 4.78 is 5.74. The van der Waals surface area contributed by atoms with Crippen molar-refractivity contribution in [1.29, 1.82) is 0 Å². The van der Waals surface area contributed by atoms with Gasteiger partial charge in [0.15, 0.2) is 0 Å². The van der Waals surface area contributed by atoms with Gasteiger partial charge in [0.1, 0.15) is 11.6 Å². The van der Waals surface area contributed by atoms with E-state index in [4.69, 9.17) is 4.74 Å². The predicted octanol–water partition coefficient (Wildman–Crippen LogP) is 6.20. The van der Waals surface area contributed by atoms with Gasteiger partial charge in [0.05, 0.1) is 6.10 Å². The highest BCUT2D eigenvalue weighted by molar-refractivity contribution is 5.85. The molecule has 0 aromatic heterocycles. The maximum atomic E-state index is 13.3. The van der Waals surface area contributed by atoms with E-state index in [9.17, 15) is 14.4 Å². The highest BCUT2D eigenvalue weighted by Crippen LogP contribution is 2.32. The Morgan fingerprint density at radius 1 is 1.20 bits per heavy atom. The summed E-state index contributed by atoms with van der Waals surface area (Å²) in [6, 6.07) is 0. The number of carbonyl (C=O) groups excluding carboxylic acids is 3. The van der Waals surface area contributed by atoms with Gasteiger partial charge in [-0.1, -0.05) is 58.1 Å². The van der Waals surface area contributed by atoms with E-state index in [0.717, 1.165) is 43.4 Å². The van der Waals surface area contributed by atoms with E-state index in [2.05, 4.69) is 50.9 Å². The van der Waals surface area contributed by atoms with Crippen molar-refractivity contribution in [2.75, 3.05) is 7.11 Å². The van der Waals surface area contributed by atoms with Gasteiger partial charge in [-0.2, -0.15) is 0 Å². The summed E-state index contributed by atoms with van der Waals surface area (Å²) in [6.07, 6.45) is 12.0. The number of nitrogens with one attached hydrogen (secondary N) is 1. The molecule has 0 radical (unpaired) electrons. The summed E-state index contributed by atoms with van der Waals surface area (Å²) in [5.41, 5.74) is 1.90. The Morgan fingerprint density at radius 3 is 2.57 bits per heavy atom. The third-order valence-corrected chi connectivity index (χ3v) is 8.27. The van der Waals surface area contributed by atoms with E-state index >= 15 is 0 Å². The summed E-state index contributed by atoms with van der Waals surface area (Å²) in [7, 11) is 1.75. The number of piperidine rings is 1. The number of ketones is 2. The number of amides is 1. The Kier molecular flexibility index (Phi) is 11.6. The molecule has 0 bridgehead atoms. The topological polar surface area (TPSA) is 72.5 Å². The molecule has 0 aromatic rings. The van der Waals surface area contributed by atoms with Gasteiger partial charge in [0.2, 0.25) is 5.91 Å². The minimum absolute atomic E-state index is 0.0243. The SMILES string of the molecule is C=C1CC(CCCC(=O)C(C)[C@H]2CC(=O)C(C)CC/C=C/C(OC)[C@@H](C)C(C)/C=C\2C)CC(=O)N1. The molecule has 0 saturated carbocycles. The fraction of sp³-hybridized carbons (Fsp3) is 0.700. The molecule has 7 atom stereocenters. The van der Waals surface area contributed by atoms with Crippen LogP contribution in [0.1, 0.15) is 86.0 Å². The molecule has 5 unspecified atom stereocenters. The second kappa shape index (κ2) is 13.9. The lowest BCUT2D eigenvalue weighted by atomic mass is 9.76. The van der Waals surface area contributed by atoms with Gasteiger partial charge in [-0.15, -0.1) is 0 Å². The zero-order valence-corrected chi connectivity index (χ0v) is 22.8. The molecule has 0 spiro atoms. The van der Waals surface area contributed by atoms with E-state index in [1.807, 2.05) is 13.8 Å². The second-order valence-corrected chi connectivity index (χ2v) is 11.1. The summed E-state index contributed by atoms with van der Waals surface area (Å²) in [5.74, 6) is 0.963. The van der Waals surface area contributed by atoms with Crippen molar-refractivity contribution in [2.45, 2.75) is 92.1 Å². The Bertz CT molecular complexity index is 810. The molecule has 1 N–H and O–H groups in total. The molecule has 196 valence electrons. The van der Waals surface area contributed by atoms with Crippen molar-refractivity contribution >= 4 is 17.5 Å². The first-order valence-electron chi connectivity index (χ1n) is 13.4. The van der Waals surface area contributed by atoms with Crippen molar-refractivity contribution in [3.05, 3.63) is 36.1 Å². The van der Waals surface area contributed by atoms with Crippen molar-refractivity contribution in [2.24, 2.45) is 35.5 Å². The first kappa shape index (κ1) is 29.2. The standard InChI is InChI=1S/C30H47NO4/c1-19-11-8-9-14-29(35-7)23(5)20(2)15-21(3)26(18-28(19)33)24(6)27(32)13-10-12-25-16-22(4)31-30(34)17-25/h9,14-15,19-20,23-26,29H,4,8,10-13,16-18H2,1-3,5-7H3,(H,31,34)/b14-9+,21-15-/t19?,20?,23-,24?,25?,26-,29?/m0/s1. The number of hydrogen-bond acceptors (Lipinski definition) is 4. The zero-order valence-electron chi connectivity index (χ0n) is 22.8. The molecule has 35 heavy (non-hydrogen) atoms. The molecule has 5 heteroatoms. The number of rotatable bonds is 7. The molecule has 2 rings (SSSR count). The average Bonchev–Trinajstić information content (AvgIpc) is 2.80. The first-order valence-corrected chi connectivity index (χ1v) is 13.4. The molecule has 5 nitrogen and oxygen atoms in total. The Labute approximate surface area is 212 Å². The molecule has 1 amide bonds. The maximum Gasteiger partial charge on any atom is 0.224 e. The van der Waals surface area contributed by atoms with E-state index < -0.39 is 0 Å². The molecule has 1 saturated heterocycles. The largest absolute Gasteiger partial charge is 0.377 e. The summed E-state index contributed by atoms with van der Waals surface area (Å²) in [6.45, 7) is 14.4. The summed E-state index contributed by atoms with van der Waals surface area (Å²) in [4.78, 5) is 38.1. The second-order valence-electron chi connectivity index (χ2n) is 11.1. The minimum atomic E-state index is -0.212. The third kappa shape index (κ3) is 8.86. The van der Waals surface area contributed by atoms with Crippen LogP contribution in [-0.2, 0) is 19.1 Å². The minimum Gasteiger partial charge on any atom is -0.377 e. The molecule has 1 aliphatic heterocycles. The Hall–Kier alpha value is -2.01. The number of carbonyl (C=O) groups is 3. The molecule has 0 aromatic carbocycles. The van der Waals surface area contributed by atoms with Gasteiger partial charge in [0.25, 0.3) is 0 Å². The predicted molar refractivity (Wildman–Crippen MR) is 142 cm³/mol. The van der Waals surface area contributed by atoms with Gasteiger partial charge < -0.3 is 10.1 Å². The van der Waals surface area contributed by atoms with Gasteiger partial charge >= 0.3 is 0 Å². The lowest BCUT2D eigenvalue weighted by Gasteiger charge is -2.28. The number of methoxy groups -OCH3 is 1. The average molecular weight is 486 g/mol. The van der Waals surface area contributed by atoms with Crippen LogP contribution in [0.3, 0.4) is 0 Å². The number of hydrogen-bond donors (Lipinski definition) is 1. The van der Waals surface area contributed by atoms with Crippen molar-refractivity contribution in [3.63, 3.8) is 0 Å². The number of Topliss-reactive ketones (excluding diaryl/α,β-unsaturated/α-hetero) is 2. The van der Waals surface area contributed by atoms with E-state index in [1.165, 1.54) is 0 Å². The van der Waals surface area contributed by atoms with Crippen LogP contribution in [0.4, 0.5) is 0 Å².